The van der Waals surface area contributed by atoms with E-state index in [1.54, 1.807) is 0 Å². The number of benzene rings is 4. The van der Waals surface area contributed by atoms with Gasteiger partial charge < -0.3 is 5.11 Å². The zero-order valence-corrected chi connectivity index (χ0v) is 20.0. The van der Waals surface area contributed by atoms with Crippen molar-refractivity contribution in [3.63, 3.8) is 0 Å². The van der Waals surface area contributed by atoms with E-state index < -0.39 is 11.5 Å². The van der Waals surface area contributed by atoms with Crippen LogP contribution in [0.1, 0.15) is 27.3 Å². The number of rotatable bonds is 5. The lowest BCUT2D eigenvalue weighted by Crippen LogP contribution is -2.38. The molecule has 0 spiro atoms. The molecule has 0 aliphatic heterocycles. The molecule has 2 aromatic heterocycles. The lowest BCUT2D eigenvalue weighted by Gasteiger charge is -2.37. The molecule has 0 radical (unpaired) electrons. The molecular formula is C28H19BrN4O2. The molecule has 6 nitrogen and oxygen atoms in total. The minimum atomic E-state index is -1.15. The summed E-state index contributed by atoms with van der Waals surface area (Å²) in [5.74, 6) is -1.36. The van der Waals surface area contributed by atoms with Crippen LogP contribution in [0.3, 0.4) is 0 Å². The third-order valence-corrected chi connectivity index (χ3v) is 6.94. The highest BCUT2D eigenvalue weighted by Gasteiger charge is 2.40. The lowest BCUT2D eigenvalue weighted by molar-refractivity contribution is 0.0685. The second-order valence-corrected chi connectivity index (χ2v) is 9.07. The second kappa shape index (κ2) is 8.21. The first-order chi connectivity index (χ1) is 17.1. The average molecular weight is 523 g/mol. The maximum absolute atomic E-state index is 11.5. The van der Waals surface area contributed by atoms with E-state index >= 15 is 0 Å². The Labute approximate surface area is 209 Å². The maximum Gasteiger partial charge on any atom is 0.373 e. The van der Waals surface area contributed by atoms with Crippen LogP contribution in [0, 0.1) is 0 Å². The third-order valence-electron chi connectivity index (χ3n) is 6.33. The summed E-state index contributed by atoms with van der Waals surface area (Å²) in [6, 6.07) is 34.8. The first kappa shape index (κ1) is 21.3. The second-order valence-electron chi connectivity index (χ2n) is 8.28. The monoisotopic (exact) mass is 522 g/mol. The maximum atomic E-state index is 11.5. The number of carboxylic acids is 1. The van der Waals surface area contributed by atoms with Gasteiger partial charge in [0.2, 0.25) is 5.82 Å². The summed E-state index contributed by atoms with van der Waals surface area (Å²) in [6.07, 6.45) is 0. The van der Waals surface area contributed by atoms with Gasteiger partial charge in [-0.25, -0.2) is 14.8 Å². The van der Waals surface area contributed by atoms with Gasteiger partial charge >= 0.3 is 5.97 Å². The van der Waals surface area contributed by atoms with Crippen molar-refractivity contribution in [3.05, 3.63) is 130 Å². The van der Waals surface area contributed by atoms with E-state index in [1.807, 2.05) is 66.7 Å². The van der Waals surface area contributed by atoms with E-state index in [9.17, 15) is 9.90 Å². The summed E-state index contributed by atoms with van der Waals surface area (Å²) in [4.78, 5) is 20.0. The molecule has 6 rings (SSSR count). The van der Waals surface area contributed by atoms with Crippen LogP contribution in [0.25, 0.3) is 21.9 Å². The van der Waals surface area contributed by atoms with Gasteiger partial charge in [0.1, 0.15) is 10.1 Å². The van der Waals surface area contributed by atoms with Crippen LogP contribution in [0.2, 0.25) is 0 Å². The minimum Gasteiger partial charge on any atom is -0.475 e. The Hall–Kier alpha value is -4.23. The molecule has 6 aromatic rings. The first-order valence-electron chi connectivity index (χ1n) is 11.1. The molecule has 2 heterocycles. The van der Waals surface area contributed by atoms with Crippen molar-refractivity contribution >= 4 is 43.8 Å². The predicted molar refractivity (Wildman–Crippen MR) is 139 cm³/mol. The first-order valence-corrected chi connectivity index (χ1v) is 11.9. The molecule has 0 saturated carbocycles. The molecular weight excluding hydrogens is 504 g/mol. The molecule has 0 saturated heterocycles. The summed E-state index contributed by atoms with van der Waals surface area (Å²) in [6.45, 7) is 0. The van der Waals surface area contributed by atoms with E-state index in [1.165, 1.54) is 0 Å². The van der Waals surface area contributed by atoms with E-state index in [-0.39, 0.29) is 5.82 Å². The number of nitrogens with one attached hydrogen (secondary N) is 1. The van der Waals surface area contributed by atoms with Crippen LogP contribution >= 0.6 is 15.9 Å². The fourth-order valence-electron chi connectivity index (χ4n) is 4.86. The van der Waals surface area contributed by atoms with Crippen LogP contribution in [0.5, 0.6) is 0 Å². The number of aromatic carboxylic acids is 1. The number of hydrogen-bond donors (Lipinski definition) is 2. The van der Waals surface area contributed by atoms with E-state index in [4.69, 9.17) is 0 Å². The molecule has 0 amide bonds. The van der Waals surface area contributed by atoms with Crippen molar-refractivity contribution in [3.8, 4) is 0 Å². The Morgan fingerprint density at radius 2 is 1.23 bits per heavy atom. The van der Waals surface area contributed by atoms with E-state index in [0.717, 1.165) is 32.2 Å². The van der Waals surface area contributed by atoms with Crippen LogP contribution in [-0.2, 0) is 5.54 Å². The summed E-state index contributed by atoms with van der Waals surface area (Å²) in [5.41, 5.74) is 4.37. The van der Waals surface area contributed by atoms with Crippen molar-refractivity contribution in [2.45, 2.75) is 5.54 Å². The quantitative estimate of drug-likeness (QED) is 0.263. The van der Waals surface area contributed by atoms with Crippen molar-refractivity contribution in [2.75, 3.05) is 0 Å². The molecule has 0 fully saturated rings. The van der Waals surface area contributed by atoms with Crippen molar-refractivity contribution in [2.24, 2.45) is 0 Å². The van der Waals surface area contributed by atoms with Crippen molar-refractivity contribution in [1.82, 2.24) is 19.7 Å². The fourth-order valence-corrected chi connectivity index (χ4v) is 5.36. The standard InChI is InChI=1S/C28H19BrN4O2/c29-25-21-16-22-23(31-26(30-22)27(34)35)17-24(21)33(32-25)28(18-10-4-1-5-11-18,19-12-6-2-7-13-19)20-14-8-3-9-15-20/h1-17,32H,(H,34,35). The Bertz CT molecular complexity index is 1580. The molecule has 35 heavy (non-hydrogen) atoms. The Balaban J connectivity index is 1.78. The zero-order valence-electron chi connectivity index (χ0n) is 18.4. The van der Waals surface area contributed by atoms with Gasteiger partial charge in [0, 0.05) is 5.39 Å². The summed E-state index contributed by atoms with van der Waals surface area (Å²) >= 11 is 3.71. The number of fused-ring (bicyclic) bond motifs is 2. The molecule has 0 aliphatic rings. The van der Waals surface area contributed by atoms with Crippen LogP contribution in [0.15, 0.2) is 108 Å². The largest absolute Gasteiger partial charge is 0.475 e. The number of aromatic nitrogens is 4. The van der Waals surface area contributed by atoms with Crippen LogP contribution < -0.4 is 0 Å². The normalized spacial score (nSPS) is 11.8. The Kier molecular flexibility index (Phi) is 5.00. The number of nitrogens with zero attached hydrogens (tertiary/aromatic N) is 3. The summed E-state index contributed by atoms with van der Waals surface area (Å²) in [5, 5.41) is 13.8. The fraction of sp³-hybridized carbons (Fsp3) is 0.0357. The van der Waals surface area contributed by atoms with Crippen LogP contribution in [-0.4, -0.2) is 30.8 Å². The van der Waals surface area contributed by atoms with E-state index in [0.29, 0.717) is 11.0 Å². The molecule has 0 aliphatic carbocycles. The van der Waals surface area contributed by atoms with Gasteiger partial charge in [-0.05, 0) is 44.8 Å². The summed E-state index contributed by atoms with van der Waals surface area (Å²) in [7, 11) is 0. The van der Waals surface area contributed by atoms with Gasteiger partial charge in [-0.15, -0.1) is 0 Å². The number of imidazole rings is 1. The molecule has 170 valence electrons. The van der Waals surface area contributed by atoms with Gasteiger partial charge in [0.15, 0.2) is 0 Å². The molecule has 4 aromatic carbocycles. The topological polar surface area (TPSA) is 83.8 Å². The Morgan fingerprint density at radius 3 is 1.69 bits per heavy atom. The van der Waals surface area contributed by atoms with Crippen LogP contribution in [0.4, 0.5) is 0 Å². The average Bonchev–Trinajstić information content (AvgIpc) is 3.46. The van der Waals surface area contributed by atoms with Gasteiger partial charge in [0.25, 0.3) is 0 Å². The SMILES string of the molecule is O=C(O)c1nc2cc3c(Br)[nH]n(C(c4ccccc4)(c4ccccc4)c4ccccc4)c3cc2n1. The molecule has 7 heteroatoms. The lowest BCUT2D eigenvalue weighted by atomic mass is 9.77. The number of aromatic amines is 1. The van der Waals surface area contributed by atoms with Crippen molar-refractivity contribution < 1.29 is 9.90 Å². The van der Waals surface area contributed by atoms with Gasteiger partial charge in [0.05, 0.1) is 16.6 Å². The highest BCUT2D eigenvalue weighted by molar-refractivity contribution is 9.10. The third kappa shape index (κ3) is 3.27. The Morgan fingerprint density at radius 1 is 0.771 bits per heavy atom. The van der Waals surface area contributed by atoms with Crippen molar-refractivity contribution in [1.29, 1.82) is 0 Å². The highest BCUT2D eigenvalue weighted by atomic mass is 79.9. The molecule has 0 bridgehead atoms. The number of H-pyrrole nitrogens is 1. The number of halogens is 1. The number of hydrogen-bond acceptors (Lipinski definition) is 3. The molecule has 0 unspecified atom stereocenters. The summed E-state index contributed by atoms with van der Waals surface area (Å²) < 4.78 is 2.89. The molecule has 2 N–H and O–H groups in total. The number of carbonyl (C=O) groups is 1. The minimum absolute atomic E-state index is 0.209. The van der Waals surface area contributed by atoms with Gasteiger partial charge in [-0.3, -0.25) is 9.78 Å². The van der Waals surface area contributed by atoms with Gasteiger partial charge in [-0.1, -0.05) is 91.0 Å². The van der Waals surface area contributed by atoms with E-state index in [2.05, 4.69) is 72.1 Å². The zero-order chi connectivity index (χ0) is 24.0. The van der Waals surface area contributed by atoms with Gasteiger partial charge in [-0.2, -0.15) is 0 Å². The number of carboxylic acid groups (broad SMARTS) is 1. The highest BCUT2D eigenvalue weighted by Crippen LogP contribution is 2.43. The smallest absolute Gasteiger partial charge is 0.373 e. The molecule has 0 atom stereocenters. The predicted octanol–water partition coefficient (Wildman–Crippen LogP) is 6.21.